The molecule has 0 N–H and O–H groups in total. The van der Waals surface area contributed by atoms with Gasteiger partial charge in [0.25, 0.3) is 0 Å². The van der Waals surface area contributed by atoms with Crippen molar-refractivity contribution >= 4 is 18.2 Å². The van der Waals surface area contributed by atoms with Gasteiger partial charge >= 0.3 is 6.80 Å². The van der Waals surface area contributed by atoms with Gasteiger partial charge in [0.15, 0.2) is 0 Å². The monoisotopic (exact) mass is 212 g/mol. The molecule has 0 radical (unpaired) electrons. The van der Waals surface area contributed by atoms with Crippen LogP contribution in [0.15, 0.2) is 0 Å². The summed E-state index contributed by atoms with van der Waals surface area (Å²) in [7, 11) is 2.83. The van der Waals surface area contributed by atoms with E-state index in [9.17, 15) is 4.57 Å². The van der Waals surface area contributed by atoms with Crippen molar-refractivity contribution in [3.05, 3.63) is 0 Å². The van der Waals surface area contributed by atoms with Crippen LogP contribution in [0.5, 0.6) is 0 Å². The fraction of sp³-hybridized carbons (Fsp3) is 1.00. The molecule has 74 valence electrons. The van der Waals surface area contributed by atoms with Crippen molar-refractivity contribution in [2.24, 2.45) is 0 Å². The minimum Gasteiger partial charge on any atom is -0.304 e. The van der Waals surface area contributed by atoms with Crippen LogP contribution in [0.3, 0.4) is 0 Å². The molecular weight excluding hydrogens is 195 g/mol. The summed E-state index contributed by atoms with van der Waals surface area (Å²) in [6, 6.07) is 0. The van der Waals surface area contributed by atoms with Gasteiger partial charge in [0.05, 0.1) is 0 Å². The molecule has 0 aliphatic heterocycles. The average molecular weight is 212 g/mol. The molecule has 0 aliphatic rings. The van der Waals surface area contributed by atoms with E-state index in [0.717, 1.165) is 12.2 Å². The first kappa shape index (κ1) is 12.5. The zero-order valence-electron chi connectivity index (χ0n) is 7.91. The van der Waals surface area contributed by atoms with Crippen LogP contribution in [0.2, 0.25) is 0 Å². The molecule has 0 heterocycles. The summed E-state index contributed by atoms with van der Waals surface area (Å²) in [5.74, 6) is 0.840. The summed E-state index contributed by atoms with van der Waals surface area (Å²) in [6.45, 7) is -0.669. The number of unbranched alkanes of at least 4 members (excludes halogenated alkanes) is 2. The van der Waals surface area contributed by atoms with Gasteiger partial charge in [0.1, 0.15) is 0 Å². The predicted octanol–water partition coefficient (Wildman–Crippen LogP) is 3.31. The molecule has 0 aromatic rings. The van der Waals surface area contributed by atoms with Gasteiger partial charge in [-0.2, -0.15) is 0 Å². The van der Waals surface area contributed by atoms with E-state index in [1.165, 1.54) is 38.4 Å². The fourth-order valence-corrected chi connectivity index (χ4v) is 3.32. The van der Waals surface area contributed by atoms with Gasteiger partial charge in [0.2, 0.25) is 0 Å². The molecule has 0 unspecified atom stereocenters. The molecule has 0 atom stereocenters. The molecular formula is C7H17O3PS. The first-order chi connectivity index (χ1) is 5.68. The molecule has 0 aromatic carbocycles. The molecule has 0 spiro atoms. The Morgan fingerprint density at radius 1 is 1.25 bits per heavy atom. The lowest BCUT2D eigenvalue weighted by molar-refractivity contribution is 0.295. The molecule has 0 fully saturated rings. The maximum atomic E-state index is 11.4. The summed E-state index contributed by atoms with van der Waals surface area (Å²) in [5.41, 5.74) is 0. The zero-order chi connectivity index (χ0) is 9.45. The smallest absolute Gasteiger partial charge is 0.304 e. The highest BCUT2D eigenvalue weighted by atomic mass is 32.7. The lowest BCUT2D eigenvalue weighted by Gasteiger charge is -2.11. The third-order valence-electron chi connectivity index (χ3n) is 1.44. The quantitative estimate of drug-likeness (QED) is 0.479. The summed E-state index contributed by atoms with van der Waals surface area (Å²) in [4.78, 5) is 0. The second-order valence-corrected chi connectivity index (χ2v) is 6.76. The highest BCUT2D eigenvalue weighted by molar-refractivity contribution is 8.55. The van der Waals surface area contributed by atoms with Crippen LogP contribution in [0.1, 0.15) is 26.2 Å². The lowest BCUT2D eigenvalue weighted by atomic mass is 10.3. The molecule has 12 heavy (non-hydrogen) atoms. The highest BCUT2D eigenvalue weighted by Gasteiger charge is 2.20. The van der Waals surface area contributed by atoms with E-state index in [0.29, 0.717) is 0 Å². The van der Waals surface area contributed by atoms with Gasteiger partial charge in [-0.05, 0) is 17.8 Å². The van der Waals surface area contributed by atoms with Crippen molar-refractivity contribution in [1.29, 1.82) is 0 Å². The molecule has 3 nitrogen and oxygen atoms in total. The minimum absolute atomic E-state index is 0.840. The van der Waals surface area contributed by atoms with Crippen molar-refractivity contribution in [2.75, 3.05) is 20.0 Å². The summed E-state index contributed by atoms with van der Waals surface area (Å²) in [6.07, 6.45) is 3.41. The van der Waals surface area contributed by atoms with Gasteiger partial charge in [-0.1, -0.05) is 19.8 Å². The number of rotatable bonds is 7. The van der Waals surface area contributed by atoms with Crippen LogP contribution in [0.4, 0.5) is 0 Å². The van der Waals surface area contributed by atoms with E-state index < -0.39 is 6.80 Å². The Labute approximate surface area is 78.5 Å². The maximum Gasteiger partial charge on any atom is 0.388 e. The number of hydrogen-bond donors (Lipinski definition) is 0. The third kappa shape index (κ3) is 5.20. The Balaban J connectivity index is 3.52. The fourth-order valence-electron chi connectivity index (χ4n) is 0.708. The molecule has 0 aromatic heterocycles. The lowest BCUT2D eigenvalue weighted by Crippen LogP contribution is -1.86. The number of hydrogen-bond acceptors (Lipinski definition) is 4. The predicted molar refractivity (Wildman–Crippen MR) is 53.6 cm³/mol. The van der Waals surface area contributed by atoms with E-state index >= 15 is 0 Å². The first-order valence-corrected chi connectivity index (χ1v) is 7.18. The van der Waals surface area contributed by atoms with Crippen molar-refractivity contribution in [2.45, 2.75) is 26.2 Å². The summed E-state index contributed by atoms with van der Waals surface area (Å²) < 4.78 is 21.0. The normalized spacial score (nSPS) is 11.9. The van der Waals surface area contributed by atoms with Crippen LogP contribution < -0.4 is 0 Å². The Morgan fingerprint density at radius 3 is 2.25 bits per heavy atom. The summed E-state index contributed by atoms with van der Waals surface area (Å²) in [5, 5.41) is 0. The third-order valence-corrected chi connectivity index (χ3v) is 5.52. The SMILES string of the molecule is CCCCCSP(=O)(OC)OC. The topological polar surface area (TPSA) is 35.5 Å². The standard InChI is InChI=1S/C7H17O3PS/c1-4-5-6-7-12-11(8,9-2)10-3/h4-7H2,1-3H3. The maximum absolute atomic E-state index is 11.4. The second-order valence-electron chi connectivity index (χ2n) is 2.35. The molecule has 0 aliphatic carbocycles. The van der Waals surface area contributed by atoms with Crippen LogP contribution >= 0.6 is 18.2 Å². The molecule has 0 amide bonds. The molecule has 5 heteroatoms. The van der Waals surface area contributed by atoms with E-state index in [-0.39, 0.29) is 0 Å². The molecule has 0 saturated heterocycles. The van der Waals surface area contributed by atoms with Gasteiger partial charge < -0.3 is 9.05 Å². The molecule has 0 saturated carbocycles. The van der Waals surface area contributed by atoms with Crippen LogP contribution in [0, 0.1) is 0 Å². The Kier molecular flexibility index (Phi) is 7.25. The van der Waals surface area contributed by atoms with Gasteiger partial charge in [-0.15, -0.1) is 0 Å². The average Bonchev–Trinajstić information content (AvgIpc) is 2.12. The van der Waals surface area contributed by atoms with E-state index in [2.05, 4.69) is 6.92 Å². The van der Waals surface area contributed by atoms with Gasteiger partial charge in [-0.3, -0.25) is 0 Å². The van der Waals surface area contributed by atoms with Gasteiger partial charge in [-0.25, -0.2) is 4.57 Å². The van der Waals surface area contributed by atoms with Crippen molar-refractivity contribution in [1.82, 2.24) is 0 Å². The zero-order valence-corrected chi connectivity index (χ0v) is 9.62. The molecule has 0 bridgehead atoms. The van der Waals surface area contributed by atoms with Crippen LogP contribution in [0.25, 0.3) is 0 Å². The highest BCUT2D eigenvalue weighted by Crippen LogP contribution is 2.59. The van der Waals surface area contributed by atoms with Crippen molar-refractivity contribution in [3.63, 3.8) is 0 Å². The minimum atomic E-state index is -2.80. The first-order valence-electron chi connectivity index (χ1n) is 4.04. The Bertz CT molecular complexity index is 144. The Hall–Kier alpha value is 0.500. The van der Waals surface area contributed by atoms with E-state index in [4.69, 9.17) is 9.05 Å². The summed E-state index contributed by atoms with van der Waals surface area (Å²) >= 11 is 1.27. The molecule has 0 rings (SSSR count). The van der Waals surface area contributed by atoms with Crippen molar-refractivity contribution < 1.29 is 13.6 Å². The van der Waals surface area contributed by atoms with Crippen LogP contribution in [-0.2, 0) is 13.6 Å². The van der Waals surface area contributed by atoms with E-state index in [1.54, 1.807) is 0 Å². The van der Waals surface area contributed by atoms with Crippen molar-refractivity contribution in [3.8, 4) is 0 Å². The largest absolute Gasteiger partial charge is 0.388 e. The van der Waals surface area contributed by atoms with Crippen LogP contribution in [-0.4, -0.2) is 20.0 Å². The second kappa shape index (κ2) is 6.96. The van der Waals surface area contributed by atoms with E-state index in [1.807, 2.05) is 0 Å². The van der Waals surface area contributed by atoms with Gasteiger partial charge in [0, 0.05) is 20.0 Å². The Morgan fingerprint density at radius 2 is 1.83 bits per heavy atom.